The summed E-state index contributed by atoms with van der Waals surface area (Å²) in [5.74, 6) is 0.373. The van der Waals surface area contributed by atoms with E-state index < -0.39 is 11.5 Å². The lowest BCUT2D eigenvalue weighted by Gasteiger charge is -2.38. The Morgan fingerprint density at radius 3 is 2.62 bits per heavy atom. The Bertz CT molecular complexity index is 569. The van der Waals surface area contributed by atoms with Gasteiger partial charge in [-0.2, -0.15) is 0 Å². The quantitative estimate of drug-likeness (QED) is 0.801. The Balaban J connectivity index is 2.02. The van der Waals surface area contributed by atoms with E-state index in [4.69, 9.17) is 15.2 Å². The molecule has 1 aliphatic carbocycles. The van der Waals surface area contributed by atoms with Gasteiger partial charge < -0.3 is 20.5 Å². The number of nitrogens with one attached hydrogen (secondary N) is 1. The lowest BCUT2D eigenvalue weighted by atomic mass is 9.78. The zero-order valence-corrected chi connectivity index (χ0v) is 14.3. The summed E-state index contributed by atoms with van der Waals surface area (Å²) in [6.07, 6.45) is 3.62. The van der Waals surface area contributed by atoms with Crippen molar-refractivity contribution in [3.8, 4) is 5.75 Å². The molecule has 2 rings (SSSR count). The third-order valence-corrected chi connectivity index (χ3v) is 4.28. The van der Waals surface area contributed by atoms with Gasteiger partial charge in [-0.1, -0.05) is 13.3 Å². The van der Waals surface area contributed by atoms with Gasteiger partial charge in [0.2, 0.25) is 0 Å². The maximum atomic E-state index is 12.8. The molecule has 3 N–H and O–H groups in total. The van der Waals surface area contributed by atoms with Crippen molar-refractivity contribution in [3.05, 3.63) is 24.3 Å². The molecule has 0 spiro atoms. The highest BCUT2D eigenvalue weighted by atomic mass is 16.5. The second kappa shape index (κ2) is 8.15. The largest absolute Gasteiger partial charge is 0.484 e. The van der Waals surface area contributed by atoms with Gasteiger partial charge in [-0.05, 0) is 56.4 Å². The highest BCUT2D eigenvalue weighted by Crippen LogP contribution is 2.36. The molecule has 24 heavy (non-hydrogen) atoms. The Labute approximate surface area is 142 Å². The summed E-state index contributed by atoms with van der Waals surface area (Å²) in [5.41, 5.74) is 4.97. The fourth-order valence-corrected chi connectivity index (χ4v) is 3.22. The number of rotatable bonds is 7. The van der Waals surface area contributed by atoms with E-state index in [0.717, 1.165) is 25.7 Å². The monoisotopic (exact) mass is 334 g/mol. The summed E-state index contributed by atoms with van der Waals surface area (Å²) in [5, 5.41) is 2.94. The molecule has 132 valence electrons. The first kappa shape index (κ1) is 18.3. The Kier molecular flexibility index (Phi) is 6.20. The van der Waals surface area contributed by atoms with Gasteiger partial charge in [-0.25, -0.2) is 0 Å². The molecule has 0 unspecified atom stereocenters. The molecule has 1 saturated carbocycles. The number of carbonyl (C=O) groups excluding carboxylic acids is 2. The van der Waals surface area contributed by atoms with Crippen molar-refractivity contribution in [2.45, 2.75) is 45.1 Å². The van der Waals surface area contributed by atoms with Crippen LogP contribution in [0.4, 0.5) is 5.69 Å². The van der Waals surface area contributed by atoms with E-state index in [-0.39, 0.29) is 12.5 Å². The number of primary amides is 1. The van der Waals surface area contributed by atoms with Gasteiger partial charge >= 0.3 is 0 Å². The highest BCUT2D eigenvalue weighted by molar-refractivity contribution is 5.97. The van der Waals surface area contributed by atoms with Crippen LogP contribution >= 0.6 is 0 Å². The minimum Gasteiger partial charge on any atom is -0.484 e. The van der Waals surface area contributed by atoms with Crippen LogP contribution in [0.1, 0.15) is 39.5 Å². The SMILES string of the molecule is CCO[C@]1(C(=O)Nc2ccc(OCC(N)=O)cc2)CCC[C@@H](C)C1. The predicted octanol–water partition coefficient (Wildman–Crippen LogP) is 2.47. The molecule has 0 saturated heterocycles. The summed E-state index contributed by atoms with van der Waals surface area (Å²) >= 11 is 0. The van der Waals surface area contributed by atoms with Gasteiger partial charge in [0.05, 0.1) is 0 Å². The summed E-state index contributed by atoms with van der Waals surface area (Å²) in [6, 6.07) is 6.85. The van der Waals surface area contributed by atoms with Gasteiger partial charge in [-0.3, -0.25) is 9.59 Å². The van der Waals surface area contributed by atoms with E-state index in [1.54, 1.807) is 24.3 Å². The third-order valence-electron chi connectivity index (χ3n) is 4.28. The maximum Gasteiger partial charge on any atom is 0.256 e. The van der Waals surface area contributed by atoms with E-state index in [9.17, 15) is 9.59 Å². The van der Waals surface area contributed by atoms with Crippen LogP contribution in [0.15, 0.2) is 24.3 Å². The fraction of sp³-hybridized carbons (Fsp3) is 0.556. The number of amides is 2. The highest BCUT2D eigenvalue weighted by Gasteiger charge is 2.42. The maximum absolute atomic E-state index is 12.8. The molecule has 1 aromatic rings. The first-order valence-corrected chi connectivity index (χ1v) is 8.42. The molecule has 0 aromatic heterocycles. The molecule has 1 aliphatic rings. The molecular weight excluding hydrogens is 308 g/mol. The van der Waals surface area contributed by atoms with Gasteiger partial charge in [0.1, 0.15) is 11.4 Å². The summed E-state index contributed by atoms with van der Waals surface area (Å²) < 4.78 is 11.1. The van der Waals surface area contributed by atoms with Crippen molar-refractivity contribution >= 4 is 17.5 Å². The molecule has 1 fully saturated rings. The van der Waals surface area contributed by atoms with Crippen molar-refractivity contribution in [3.63, 3.8) is 0 Å². The fourth-order valence-electron chi connectivity index (χ4n) is 3.22. The second-order valence-corrected chi connectivity index (χ2v) is 6.36. The lowest BCUT2D eigenvalue weighted by Crippen LogP contribution is -2.48. The van der Waals surface area contributed by atoms with E-state index in [1.807, 2.05) is 6.92 Å². The number of anilines is 1. The average Bonchev–Trinajstić information content (AvgIpc) is 2.54. The Hall–Kier alpha value is -2.08. The van der Waals surface area contributed by atoms with Crippen LogP contribution < -0.4 is 15.8 Å². The van der Waals surface area contributed by atoms with E-state index >= 15 is 0 Å². The number of carbonyl (C=O) groups is 2. The molecule has 0 radical (unpaired) electrons. The molecule has 2 amide bonds. The second-order valence-electron chi connectivity index (χ2n) is 6.36. The lowest BCUT2D eigenvalue weighted by molar-refractivity contribution is -0.147. The number of ether oxygens (including phenoxy) is 2. The van der Waals surface area contributed by atoms with Crippen molar-refractivity contribution in [2.24, 2.45) is 11.7 Å². The molecule has 0 bridgehead atoms. The van der Waals surface area contributed by atoms with Crippen LogP contribution in [0.2, 0.25) is 0 Å². The van der Waals surface area contributed by atoms with Crippen molar-refractivity contribution in [1.82, 2.24) is 0 Å². The van der Waals surface area contributed by atoms with Crippen molar-refractivity contribution < 1.29 is 19.1 Å². The predicted molar refractivity (Wildman–Crippen MR) is 91.8 cm³/mol. The van der Waals surface area contributed by atoms with Crippen LogP contribution in [0, 0.1) is 5.92 Å². The molecule has 0 aliphatic heterocycles. The van der Waals surface area contributed by atoms with E-state index in [1.165, 1.54) is 0 Å². The minimum atomic E-state index is -0.743. The van der Waals surface area contributed by atoms with Gasteiger partial charge in [-0.15, -0.1) is 0 Å². The number of hydrogen-bond donors (Lipinski definition) is 2. The zero-order chi connectivity index (χ0) is 17.6. The molecule has 0 heterocycles. The van der Waals surface area contributed by atoms with Crippen LogP contribution in [0.3, 0.4) is 0 Å². The van der Waals surface area contributed by atoms with Crippen molar-refractivity contribution in [1.29, 1.82) is 0 Å². The van der Waals surface area contributed by atoms with Gasteiger partial charge in [0.25, 0.3) is 11.8 Å². The molecular formula is C18H26N2O4. The van der Waals surface area contributed by atoms with E-state index in [0.29, 0.717) is 24.0 Å². The summed E-state index contributed by atoms with van der Waals surface area (Å²) in [4.78, 5) is 23.5. The molecule has 6 nitrogen and oxygen atoms in total. The molecule has 1 aromatic carbocycles. The normalized spacial score (nSPS) is 23.5. The minimum absolute atomic E-state index is 0.0956. The van der Waals surface area contributed by atoms with Crippen LogP contribution in [-0.2, 0) is 14.3 Å². The van der Waals surface area contributed by atoms with Gasteiger partial charge in [0.15, 0.2) is 6.61 Å². The Morgan fingerprint density at radius 1 is 1.33 bits per heavy atom. The number of nitrogens with two attached hydrogens (primary N) is 1. The van der Waals surface area contributed by atoms with Crippen molar-refractivity contribution in [2.75, 3.05) is 18.5 Å². The average molecular weight is 334 g/mol. The first-order chi connectivity index (χ1) is 11.4. The summed E-state index contributed by atoms with van der Waals surface area (Å²) in [7, 11) is 0. The summed E-state index contributed by atoms with van der Waals surface area (Å²) in [6.45, 7) is 4.42. The third kappa shape index (κ3) is 4.71. The van der Waals surface area contributed by atoms with Crippen LogP contribution in [-0.4, -0.2) is 30.6 Å². The number of hydrogen-bond acceptors (Lipinski definition) is 4. The zero-order valence-electron chi connectivity index (χ0n) is 14.3. The topological polar surface area (TPSA) is 90.7 Å². The van der Waals surface area contributed by atoms with Crippen LogP contribution in [0.5, 0.6) is 5.75 Å². The standard InChI is InChI=1S/C18H26N2O4/c1-3-24-18(10-4-5-13(2)11-18)17(22)20-14-6-8-15(9-7-14)23-12-16(19)21/h6-9,13H,3-5,10-12H2,1-2H3,(H2,19,21)(H,20,22)/t13-,18-/m1/s1. The Morgan fingerprint density at radius 2 is 2.04 bits per heavy atom. The first-order valence-electron chi connectivity index (χ1n) is 8.42. The smallest absolute Gasteiger partial charge is 0.256 e. The van der Waals surface area contributed by atoms with Gasteiger partial charge in [0, 0.05) is 12.3 Å². The van der Waals surface area contributed by atoms with E-state index in [2.05, 4.69) is 12.2 Å². The molecule has 6 heteroatoms. The number of benzene rings is 1. The van der Waals surface area contributed by atoms with Crippen LogP contribution in [0.25, 0.3) is 0 Å². The molecule has 2 atom stereocenters.